The highest BCUT2D eigenvalue weighted by Gasteiger charge is 2.30. The number of nitrogens with zero attached hydrogens (tertiary/aromatic N) is 2. The number of pyridine rings is 1. The van der Waals surface area contributed by atoms with Crippen molar-refractivity contribution in [2.45, 2.75) is 13.1 Å². The number of benzene rings is 2. The first-order valence-electron chi connectivity index (χ1n) is 7.93. The molecule has 130 valence electrons. The smallest absolute Gasteiger partial charge is 0.251 e. The zero-order chi connectivity index (χ0) is 18.3. The second-order valence-electron chi connectivity index (χ2n) is 5.90. The van der Waals surface area contributed by atoms with Crippen LogP contribution >= 0.6 is 11.3 Å². The standard InChI is InChI=1S/C20H13F3N2S/c1-12-18-17(11-16(24-12)13-5-3-2-4-6-13)25-19(26-18)14-7-9-15(10-8-14)20(21,22)23/h2-11H,1H3. The molecule has 2 aromatic heterocycles. The number of halogens is 3. The Kier molecular flexibility index (Phi) is 4.00. The summed E-state index contributed by atoms with van der Waals surface area (Å²) in [5.41, 5.74) is 3.50. The number of aromatic nitrogens is 2. The topological polar surface area (TPSA) is 25.8 Å². The van der Waals surface area contributed by atoms with Crippen molar-refractivity contribution in [3.05, 3.63) is 71.9 Å². The number of hydrogen-bond donors (Lipinski definition) is 0. The van der Waals surface area contributed by atoms with Crippen LogP contribution in [0.5, 0.6) is 0 Å². The molecular formula is C20H13F3N2S. The average molecular weight is 370 g/mol. The minimum absolute atomic E-state index is 0.661. The highest BCUT2D eigenvalue weighted by atomic mass is 32.1. The van der Waals surface area contributed by atoms with Crippen molar-refractivity contribution in [2.75, 3.05) is 0 Å². The number of thiazole rings is 1. The van der Waals surface area contributed by atoms with Gasteiger partial charge in [-0.05, 0) is 25.1 Å². The van der Waals surface area contributed by atoms with E-state index in [1.807, 2.05) is 43.3 Å². The molecule has 0 saturated heterocycles. The number of hydrogen-bond acceptors (Lipinski definition) is 3. The van der Waals surface area contributed by atoms with Gasteiger partial charge in [-0.3, -0.25) is 4.98 Å². The lowest BCUT2D eigenvalue weighted by atomic mass is 10.1. The van der Waals surface area contributed by atoms with Gasteiger partial charge in [-0.15, -0.1) is 11.3 Å². The van der Waals surface area contributed by atoms with Gasteiger partial charge in [0.1, 0.15) is 5.01 Å². The van der Waals surface area contributed by atoms with E-state index < -0.39 is 11.7 Å². The number of alkyl halides is 3. The number of rotatable bonds is 2. The molecular weight excluding hydrogens is 357 g/mol. The Labute approximate surface area is 152 Å². The summed E-state index contributed by atoms with van der Waals surface area (Å²) in [4.78, 5) is 9.27. The molecule has 0 aliphatic heterocycles. The summed E-state index contributed by atoms with van der Waals surface area (Å²) in [6.45, 7) is 1.92. The Balaban J connectivity index is 1.77. The van der Waals surface area contributed by atoms with Gasteiger partial charge in [0.25, 0.3) is 0 Å². The molecule has 0 aliphatic rings. The number of aryl methyl sites for hydroxylation is 1. The maximum atomic E-state index is 12.7. The van der Waals surface area contributed by atoms with Crippen LogP contribution in [0.25, 0.3) is 32.0 Å². The zero-order valence-corrected chi connectivity index (χ0v) is 14.5. The van der Waals surface area contributed by atoms with Gasteiger partial charge in [0.15, 0.2) is 0 Å². The molecule has 4 aromatic rings. The van der Waals surface area contributed by atoms with Crippen LogP contribution in [0.4, 0.5) is 13.2 Å². The van der Waals surface area contributed by atoms with Crippen molar-refractivity contribution in [1.29, 1.82) is 0 Å². The van der Waals surface area contributed by atoms with Gasteiger partial charge < -0.3 is 0 Å². The lowest BCUT2D eigenvalue weighted by Crippen LogP contribution is -2.03. The Morgan fingerprint density at radius 2 is 1.54 bits per heavy atom. The highest BCUT2D eigenvalue weighted by molar-refractivity contribution is 7.21. The molecule has 0 N–H and O–H groups in total. The molecule has 2 nitrogen and oxygen atoms in total. The summed E-state index contributed by atoms with van der Waals surface area (Å²) in [5.74, 6) is 0. The maximum Gasteiger partial charge on any atom is 0.416 e. The Hall–Kier alpha value is -2.73. The van der Waals surface area contributed by atoms with E-state index in [0.717, 1.165) is 39.3 Å². The van der Waals surface area contributed by atoms with Crippen molar-refractivity contribution in [3.63, 3.8) is 0 Å². The minimum atomic E-state index is -4.34. The van der Waals surface area contributed by atoms with E-state index in [0.29, 0.717) is 10.6 Å². The van der Waals surface area contributed by atoms with Gasteiger partial charge in [-0.25, -0.2) is 4.98 Å². The summed E-state index contributed by atoms with van der Waals surface area (Å²) < 4.78 is 39.1. The van der Waals surface area contributed by atoms with E-state index in [1.165, 1.54) is 23.5 Å². The Morgan fingerprint density at radius 1 is 0.846 bits per heavy atom. The van der Waals surface area contributed by atoms with Crippen LogP contribution in [-0.4, -0.2) is 9.97 Å². The zero-order valence-electron chi connectivity index (χ0n) is 13.7. The van der Waals surface area contributed by atoms with Gasteiger partial charge in [0.2, 0.25) is 0 Å². The third-order valence-corrected chi connectivity index (χ3v) is 5.30. The largest absolute Gasteiger partial charge is 0.416 e. The van der Waals surface area contributed by atoms with Crippen LogP contribution in [-0.2, 0) is 6.18 Å². The predicted molar refractivity (Wildman–Crippen MR) is 98.0 cm³/mol. The first-order valence-corrected chi connectivity index (χ1v) is 8.75. The molecule has 0 fully saturated rings. The molecule has 0 unspecified atom stereocenters. The second-order valence-corrected chi connectivity index (χ2v) is 6.90. The molecule has 0 spiro atoms. The first-order chi connectivity index (χ1) is 12.4. The summed E-state index contributed by atoms with van der Waals surface area (Å²) in [6, 6.07) is 16.8. The van der Waals surface area contributed by atoms with Crippen molar-refractivity contribution in [2.24, 2.45) is 0 Å². The second kappa shape index (κ2) is 6.21. The van der Waals surface area contributed by atoms with Crippen LogP contribution in [0, 0.1) is 6.92 Å². The van der Waals surface area contributed by atoms with Crippen molar-refractivity contribution >= 4 is 21.6 Å². The van der Waals surface area contributed by atoms with E-state index in [2.05, 4.69) is 9.97 Å². The molecule has 0 aliphatic carbocycles. The minimum Gasteiger partial charge on any atom is -0.251 e. The Bertz CT molecular complexity index is 1070. The third kappa shape index (κ3) is 3.08. The quantitative estimate of drug-likeness (QED) is 0.411. The van der Waals surface area contributed by atoms with E-state index >= 15 is 0 Å². The lowest BCUT2D eigenvalue weighted by Gasteiger charge is -2.06. The fourth-order valence-corrected chi connectivity index (χ4v) is 3.76. The van der Waals surface area contributed by atoms with Gasteiger partial charge in [0.05, 0.1) is 27.2 Å². The van der Waals surface area contributed by atoms with Crippen LogP contribution in [0.3, 0.4) is 0 Å². The first kappa shape index (κ1) is 16.7. The SMILES string of the molecule is Cc1nc(-c2ccccc2)cc2nc(-c3ccc(C(F)(F)F)cc3)sc12. The molecule has 0 radical (unpaired) electrons. The average Bonchev–Trinajstić information content (AvgIpc) is 3.07. The Morgan fingerprint density at radius 3 is 2.19 bits per heavy atom. The van der Waals surface area contributed by atoms with E-state index in [-0.39, 0.29) is 0 Å². The van der Waals surface area contributed by atoms with Gasteiger partial charge in [0, 0.05) is 11.1 Å². The lowest BCUT2D eigenvalue weighted by molar-refractivity contribution is -0.137. The molecule has 2 aromatic carbocycles. The van der Waals surface area contributed by atoms with E-state index in [4.69, 9.17) is 0 Å². The van der Waals surface area contributed by atoms with Crippen molar-refractivity contribution in [3.8, 4) is 21.8 Å². The van der Waals surface area contributed by atoms with Crippen molar-refractivity contribution < 1.29 is 13.2 Å². The van der Waals surface area contributed by atoms with Gasteiger partial charge >= 0.3 is 6.18 Å². The summed E-state index contributed by atoms with van der Waals surface area (Å²) >= 11 is 1.44. The molecule has 2 heterocycles. The number of fused-ring (bicyclic) bond motifs is 1. The van der Waals surface area contributed by atoms with E-state index in [1.54, 1.807) is 0 Å². The molecule has 0 amide bonds. The molecule has 0 saturated carbocycles. The molecule has 0 atom stereocenters. The summed E-state index contributed by atoms with van der Waals surface area (Å²) in [6.07, 6.45) is -4.34. The fourth-order valence-electron chi connectivity index (χ4n) is 2.76. The van der Waals surface area contributed by atoms with Crippen LogP contribution < -0.4 is 0 Å². The van der Waals surface area contributed by atoms with Crippen LogP contribution in [0.2, 0.25) is 0 Å². The molecule has 6 heteroatoms. The van der Waals surface area contributed by atoms with Crippen LogP contribution in [0.1, 0.15) is 11.3 Å². The normalized spacial score (nSPS) is 11.8. The third-order valence-electron chi connectivity index (χ3n) is 4.07. The summed E-state index contributed by atoms with van der Waals surface area (Å²) in [5, 5.41) is 0.684. The monoisotopic (exact) mass is 370 g/mol. The van der Waals surface area contributed by atoms with Crippen molar-refractivity contribution in [1.82, 2.24) is 9.97 Å². The highest BCUT2D eigenvalue weighted by Crippen LogP contribution is 2.35. The molecule has 0 bridgehead atoms. The maximum absolute atomic E-state index is 12.7. The van der Waals surface area contributed by atoms with Gasteiger partial charge in [-0.2, -0.15) is 13.2 Å². The summed E-state index contributed by atoms with van der Waals surface area (Å²) in [7, 11) is 0. The van der Waals surface area contributed by atoms with E-state index in [9.17, 15) is 13.2 Å². The molecule has 4 rings (SSSR count). The van der Waals surface area contributed by atoms with Gasteiger partial charge in [-0.1, -0.05) is 42.5 Å². The molecule has 26 heavy (non-hydrogen) atoms. The predicted octanol–water partition coefficient (Wildman–Crippen LogP) is 6.35. The van der Waals surface area contributed by atoms with Crippen LogP contribution in [0.15, 0.2) is 60.7 Å². The fraction of sp³-hybridized carbons (Fsp3) is 0.100.